The molecule has 40 heavy (non-hydrogen) atoms. The first-order valence-electron chi connectivity index (χ1n) is 13.1. The predicted octanol–water partition coefficient (Wildman–Crippen LogP) is 6.25. The van der Waals surface area contributed by atoms with Crippen LogP contribution in [0.1, 0.15) is 36.7 Å². The smallest absolute Gasteiger partial charge is 0.271 e. The van der Waals surface area contributed by atoms with Gasteiger partial charge in [0.25, 0.3) is 5.91 Å². The number of hydrogen-bond donors (Lipinski definition) is 1. The summed E-state index contributed by atoms with van der Waals surface area (Å²) in [7, 11) is 0. The van der Waals surface area contributed by atoms with Gasteiger partial charge in [-0.1, -0.05) is 36.4 Å². The largest absolute Gasteiger partial charge is 0.490 e. The Kier molecular flexibility index (Phi) is 8.10. The molecular weight excluding hydrogens is 508 g/mol. The molecule has 5 aromatic rings. The zero-order chi connectivity index (χ0) is 27.9. The van der Waals surface area contributed by atoms with Gasteiger partial charge in [-0.15, -0.1) is 0 Å². The van der Waals surface area contributed by atoms with Crippen LogP contribution in [0.4, 0.5) is 0 Å². The maximum absolute atomic E-state index is 13.1. The van der Waals surface area contributed by atoms with Crippen molar-refractivity contribution in [3.63, 3.8) is 0 Å². The highest BCUT2D eigenvalue weighted by Gasteiger charge is 2.19. The average Bonchev–Trinajstić information content (AvgIpc) is 3.60. The number of para-hydroxylation sites is 2. The number of hydrazone groups is 1. The van der Waals surface area contributed by atoms with Crippen molar-refractivity contribution in [3.8, 4) is 34.4 Å². The molecule has 5 rings (SSSR count). The summed E-state index contributed by atoms with van der Waals surface area (Å²) in [5.74, 6) is 1.50. The van der Waals surface area contributed by atoms with Crippen molar-refractivity contribution in [2.24, 2.45) is 5.10 Å². The first kappa shape index (κ1) is 26.6. The molecule has 0 fully saturated rings. The molecule has 0 atom stereocenters. The summed E-state index contributed by atoms with van der Waals surface area (Å²) >= 11 is 0. The third kappa shape index (κ3) is 5.68. The second-order valence-corrected chi connectivity index (χ2v) is 8.66. The van der Waals surface area contributed by atoms with Crippen molar-refractivity contribution in [2.75, 3.05) is 19.8 Å². The van der Waals surface area contributed by atoms with Crippen molar-refractivity contribution in [2.45, 2.75) is 20.8 Å². The third-order valence-corrected chi connectivity index (χ3v) is 5.96. The maximum atomic E-state index is 13.1. The van der Waals surface area contributed by atoms with Crippen molar-refractivity contribution in [1.82, 2.24) is 15.2 Å². The lowest BCUT2D eigenvalue weighted by molar-refractivity contribution is 0.0954. The fraction of sp³-hybridized carbons (Fsp3) is 0.194. The maximum Gasteiger partial charge on any atom is 0.271 e. The van der Waals surface area contributed by atoms with Gasteiger partial charge in [-0.2, -0.15) is 10.2 Å². The van der Waals surface area contributed by atoms with E-state index in [4.69, 9.17) is 23.7 Å². The van der Waals surface area contributed by atoms with Gasteiger partial charge < -0.3 is 18.6 Å². The lowest BCUT2D eigenvalue weighted by Gasteiger charge is -2.16. The fourth-order valence-electron chi connectivity index (χ4n) is 4.23. The van der Waals surface area contributed by atoms with Crippen LogP contribution in [-0.4, -0.2) is 41.7 Å². The van der Waals surface area contributed by atoms with Gasteiger partial charge >= 0.3 is 0 Å². The lowest BCUT2D eigenvalue weighted by atomic mass is 10.1. The molecule has 0 aliphatic heterocycles. The highest BCUT2D eigenvalue weighted by molar-refractivity contribution is 5.97. The highest BCUT2D eigenvalue weighted by atomic mass is 16.5. The number of benzene rings is 3. The Balaban J connectivity index is 1.45. The summed E-state index contributed by atoms with van der Waals surface area (Å²) in [5, 5.41) is 9.97. The van der Waals surface area contributed by atoms with Crippen LogP contribution in [0.5, 0.6) is 17.2 Å². The summed E-state index contributed by atoms with van der Waals surface area (Å²) in [6.07, 6.45) is 3.39. The lowest BCUT2D eigenvalue weighted by Crippen LogP contribution is -2.18. The van der Waals surface area contributed by atoms with Gasteiger partial charge in [-0.25, -0.2) is 10.1 Å². The second-order valence-electron chi connectivity index (χ2n) is 8.66. The molecule has 2 heterocycles. The minimum atomic E-state index is -0.429. The van der Waals surface area contributed by atoms with Crippen LogP contribution < -0.4 is 19.6 Å². The number of hydrogen-bond acceptors (Lipinski definition) is 7. The topological polar surface area (TPSA) is 100 Å². The Morgan fingerprint density at radius 1 is 0.925 bits per heavy atom. The molecule has 1 N–H and O–H groups in total. The number of furan rings is 1. The number of nitrogens with one attached hydrogen (secondary N) is 1. The minimum Gasteiger partial charge on any atom is -0.490 e. The second kappa shape index (κ2) is 12.2. The summed E-state index contributed by atoms with van der Waals surface area (Å²) in [6, 6.07) is 22.7. The van der Waals surface area contributed by atoms with E-state index in [2.05, 4.69) is 10.5 Å². The average molecular weight is 539 g/mol. The van der Waals surface area contributed by atoms with Crippen LogP contribution in [0.25, 0.3) is 28.1 Å². The molecule has 0 bridgehead atoms. The molecule has 9 nitrogen and oxygen atoms in total. The molecule has 0 spiro atoms. The first-order chi connectivity index (χ1) is 19.6. The Hall–Kier alpha value is -5.05. The van der Waals surface area contributed by atoms with E-state index < -0.39 is 5.91 Å². The number of carbonyl (C=O) groups is 1. The number of nitrogens with zero attached hydrogens (tertiary/aromatic N) is 3. The number of ether oxygens (including phenoxy) is 3. The zero-order valence-electron chi connectivity index (χ0n) is 22.6. The normalized spacial score (nSPS) is 11.2. The van der Waals surface area contributed by atoms with E-state index in [-0.39, 0.29) is 0 Å². The monoisotopic (exact) mass is 538 g/mol. The number of amides is 1. The van der Waals surface area contributed by atoms with Crippen LogP contribution >= 0.6 is 0 Å². The van der Waals surface area contributed by atoms with Crippen LogP contribution in [0.3, 0.4) is 0 Å². The van der Waals surface area contributed by atoms with Crippen molar-refractivity contribution >= 4 is 23.1 Å². The third-order valence-electron chi connectivity index (χ3n) is 5.96. The summed E-state index contributed by atoms with van der Waals surface area (Å²) < 4.78 is 25.0. The molecule has 3 aromatic carbocycles. The van der Waals surface area contributed by atoms with Crippen molar-refractivity contribution in [1.29, 1.82) is 0 Å². The van der Waals surface area contributed by atoms with Gasteiger partial charge in [0.2, 0.25) is 5.75 Å². The molecule has 2 aromatic heterocycles. The van der Waals surface area contributed by atoms with E-state index in [0.29, 0.717) is 59.7 Å². The van der Waals surface area contributed by atoms with Crippen molar-refractivity contribution < 1.29 is 23.4 Å². The standard InChI is InChI=1S/C31H30N4O5/c1-4-37-27-17-22(18-28(38-5-2)30(27)39-6-3)31(36)33-32-19-23-20-35(24-13-8-7-9-14-24)34-29(23)26-16-21-12-10-11-15-25(21)40-26/h7-20H,4-6H2,1-3H3,(H,33,36)/b32-19-. The number of aromatic nitrogens is 2. The molecule has 204 valence electrons. The summed E-state index contributed by atoms with van der Waals surface area (Å²) in [6.45, 7) is 6.85. The molecule has 1 amide bonds. The van der Waals surface area contributed by atoms with E-state index in [1.807, 2.05) is 87.6 Å². The van der Waals surface area contributed by atoms with Gasteiger partial charge in [0, 0.05) is 22.7 Å². The Morgan fingerprint density at radius 3 is 2.27 bits per heavy atom. The van der Waals surface area contributed by atoms with Crippen molar-refractivity contribution in [3.05, 3.63) is 90.1 Å². The SMILES string of the molecule is CCOc1cc(C(=O)N/N=C\c2cn(-c3ccccc3)nc2-c2cc3ccccc3o2)cc(OCC)c1OCC. The van der Waals surface area contributed by atoms with E-state index in [9.17, 15) is 4.79 Å². The number of rotatable bonds is 11. The van der Waals surface area contributed by atoms with Crippen LogP contribution in [-0.2, 0) is 0 Å². The van der Waals surface area contributed by atoms with Crippen LogP contribution in [0, 0.1) is 0 Å². The predicted molar refractivity (Wildman–Crippen MR) is 154 cm³/mol. The van der Waals surface area contributed by atoms with E-state index in [0.717, 1.165) is 16.7 Å². The molecule has 0 saturated carbocycles. The van der Waals surface area contributed by atoms with E-state index in [1.165, 1.54) is 0 Å². The first-order valence-corrected chi connectivity index (χ1v) is 13.1. The number of carbonyl (C=O) groups excluding carboxylic acids is 1. The molecule has 0 radical (unpaired) electrons. The van der Waals surface area contributed by atoms with Gasteiger partial charge in [-0.05, 0) is 57.2 Å². The highest BCUT2D eigenvalue weighted by Crippen LogP contribution is 2.39. The molecule has 0 aliphatic carbocycles. The number of fused-ring (bicyclic) bond motifs is 1. The molecule has 0 aliphatic rings. The van der Waals surface area contributed by atoms with Gasteiger partial charge in [0.05, 0.1) is 31.7 Å². The van der Waals surface area contributed by atoms with Crippen LogP contribution in [0.2, 0.25) is 0 Å². The van der Waals surface area contributed by atoms with Gasteiger partial charge in [0.1, 0.15) is 11.3 Å². The summed E-state index contributed by atoms with van der Waals surface area (Å²) in [4.78, 5) is 13.1. The Morgan fingerprint density at radius 2 is 1.60 bits per heavy atom. The minimum absolute atomic E-state index is 0.324. The Labute approximate surface area is 232 Å². The molecule has 0 saturated heterocycles. The van der Waals surface area contributed by atoms with E-state index in [1.54, 1.807) is 23.0 Å². The summed E-state index contributed by atoms with van der Waals surface area (Å²) in [5.41, 5.74) is 5.82. The molecule has 9 heteroatoms. The molecular formula is C31H30N4O5. The quantitative estimate of drug-likeness (QED) is 0.158. The fourth-order valence-corrected chi connectivity index (χ4v) is 4.23. The molecule has 0 unspecified atom stereocenters. The Bertz CT molecular complexity index is 1580. The van der Waals surface area contributed by atoms with Crippen LogP contribution in [0.15, 0.2) is 88.5 Å². The zero-order valence-corrected chi connectivity index (χ0v) is 22.6. The van der Waals surface area contributed by atoms with E-state index >= 15 is 0 Å². The van der Waals surface area contributed by atoms with Gasteiger partial charge in [-0.3, -0.25) is 4.79 Å². The van der Waals surface area contributed by atoms with Gasteiger partial charge in [0.15, 0.2) is 17.3 Å².